The molecule has 0 aliphatic carbocycles. The van der Waals surface area contributed by atoms with Crippen LogP contribution in [0.3, 0.4) is 0 Å². The Morgan fingerprint density at radius 3 is 2.71 bits per heavy atom. The number of benzene rings is 1. The van der Waals surface area contributed by atoms with Gasteiger partial charge in [-0.15, -0.1) is 0 Å². The van der Waals surface area contributed by atoms with E-state index in [2.05, 4.69) is 53.2 Å². The molecular formula is C18H23N3. The molecule has 2 N–H and O–H groups in total. The van der Waals surface area contributed by atoms with Crippen LogP contribution in [0, 0.1) is 0 Å². The summed E-state index contributed by atoms with van der Waals surface area (Å²) in [6, 6.07) is 13.0. The first-order valence-corrected chi connectivity index (χ1v) is 7.81. The molecule has 0 bridgehead atoms. The number of aryl methyl sites for hydroxylation is 1. The molecule has 1 aromatic carbocycles. The van der Waals surface area contributed by atoms with Crippen LogP contribution in [-0.2, 0) is 13.0 Å². The molecule has 0 spiro atoms. The molecule has 0 fully saturated rings. The van der Waals surface area contributed by atoms with Crippen LogP contribution in [0.1, 0.15) is 42.6 Å². The second-order valence-corrected chi connectivity index (χ2v) is 5.75. The summed E-state index contributed by atoms with van der Waals surface area (Å²) in [6.07, 6.45) is 5.24. The molecule has 0 radical (unpaired) electrons. The molecule has 0 amide bonds. The van der Waals surface area contributed by atoms with Crippen LogP contribution in [0.4, 0.5) is 5.69 Å². The third-order valence-electron chi connectivity index (χ3n) is 4.31. The molecule has 1 aromatic heterocycles. The molecule has 3 rings (SSSR count). The Kier molecular flexibility index (Phi) is 4.20. The van der Waals surface area contributed by atoms with E-state index in [4.69, 9.17) is 5.73 Å². The zero-order valence-corrected chi connectivity index (χ0v) is 12.6. The lowest BCUT2D eigenvalue weighted by atomic mass is 10.0. The van der Waals surface area contributed by atoms with E-state index in [0.717, 1.165) is 25.2 Å². The van der Waals surface area contributed by atoms with Gasteiger partial charge in [-0.1, -0.05) is 31.2 Å². The lowest BCUT2D eigenvalue weighted by Crippen LogP contribution is -2.23. The van der Waals surface area contributed by atoms with Gasteiger partial charge in [0.1, 0.15) is 0 Å². The van der Waals surface area contributed by atoms with Crippen molar-refractivity contribution in [3.8, 4) is 0 Å². The van der Waals surface area contributed by atoms with Gasteiger partial charge < -0.3 is 10.6 Å². The summed E-state index contributed by atoms with van der Waals surface area (Å²) in [6.45, 7) is 4.14. The van der Waals surface area contributed by atoms with Gasteiger partial charge in [0, 0.05) is 19.1 Å². The van der Waals surface area contributed by atoms with E-state index in [0.29, 0.717) is 0 Å². The monoisotopic (exact) mass is 281 g/mol. The van der Waals surface area contributed by atoms with Gasteiger partial charge in [0.15, 0.2) is 0 Å². The van der Waals surface area contributed by atoms with Crippen molar-refractivity contribution >= 4 is 5.69 Å². The number of nitrogens with zero attached hydrogens (tertiary/aromatic N) is 2. The minimum absolute atomic E-state index is 0.0453. The minimum atomic E-state index is 0.0453. The van der Waals surface area contributed by atoms with E-state index in [1.54, 1.807) is 0 Å². The molecule has 1 aliphatic heterocycles. The Morgan fingerprint density at radius 1 is 1.19 bits per heavy atom. The largest absolute Gasteiger partial charge is 0.366 e. The molecule has 1 aliphatic rings. The van der Waals surface area contributed by atoms with Crippen LogP contribution in [0.5, 0.6) is 0 Å². The van der Waals surface area contributed by atoms with Gasteiger partial charge in [-0.3, -0.25) is 4.98 Å². The van der Waals surface area contributed by atoms with Crippen molar-refractivity contribution in [2.24, 2.45) is 5.73 Å². The van der Waals surface area contributed by atoms with E-state index in [1.807, 2.05) is 6.20 Å². The number of aromatic nitrogens is 1. The average molecular weight is 281 g/mol. The van der Waals surface area contributed by atoms with Gasteiger partial charge in [-0.2, -0.15) is 0 Å². The third kappa shape index (κ3) is 3.08. The zero-order chi connectivity index (χ0) is 14.7. The van der Waals surface area contributed by atoms with Gasteiger partial charge in [-0.25, -0.2) is 0 Å². The fraction of sp³-hybridized carbons (Fsp3) is 0.389. The van der Waals surface area contributed by atoms with Gasteiger partial charge in [-0.05, 0) is 42.5 Å². The number of fused-ring (bicyclic) bond motifs is 1. The van der Waals surface area contributed by atoms with Crippen molar-refractivity contribution in [1.29, 1.82) is 0 Å². The number of pyridine rings is 1. The van der Waals surface area contributed by atoms with Crippen LogP contribution in [-0.4, -0.2) is 11.5 Å². The number of rotatable bonds is 3. The van der Waals surface area contributed by atoms with Crippen LogP contribution < -0.4 is 10.6 Å². The Bertz CT molecular complexity index is 592. The van der Waals surface area contributed by atoms with Gasteiger partial charge >= 0.3 is 0 Å². The average Bonchev–Trinajstić information content (AvgIpc) is 2.76. The Balaban J connectivity index is 1.81. The van der Waals surface area contributed by atoms with Crippen molar-refractivity contribution in [3.63, 3.8) is 0 Å². The minimum Gasteiger partial charge on any atom is -0.366 e. The molecule has 3 nitrogen and oxygen atoms in total. The molecule has 110 valence electrons. The van der Waals surface area contributed by atoms with E-state index in [1.165, 1.54) is 29.7 Å². The summed E-state index contributed by atoms with van der Waals surface area (Å²) in [5.74, 6) is 0. The molecule has 1 unspecified atom stereocenters. The van der Waals surface area contributed by atoms with Crippen molar-refractivity contribution in [2.45, 2.75) is 38.8 Å². The summed E-state index contributed by atoms with van der Waals surface area (Å²) in [5.41, 5.74) is 11.1. The molecule has 0 saturated carbocycles. The quantitative estimate of drug-likeness (QED) is 0.937. The van der Waals surface area contributed by atoms with Crippen molar-refractivity contribution in [1.82, 2.24) is 4.98 Å². The highest BCUT2D eigenvalue weighted by Crippen LogP contribution is 2.24. The number of hydrogen-bond donors (Lipinski definition) is 1. The zero-order valence-electron chi connectivity index (χ0n) is 12.6. The first-order chi connectivity index (χ1) is 10.3. The van der Waals surface area contributed by atoms with Gasteiger partial charge in [0.2, 0.25) is 0 Å². The maximum atomic E-state index is 6.03. The summed E-state index contributed by atoms with van der Waals surface area (Å²) < 4.78 is 0. The summed E-state index contributed by atoms with van der Waals surface area (Å²) in [5, 5.41) is 0. The third-order valence-corrected chi connectivity index (χ3v) is 4.31. The highest BCUT2D eigenvalue weighted by molar-refractivity contribution is 5.47. The number of nitrogens with two attached hydrogens (primary N) is 1. The number of hydrogen-bond acceptors (Lipinski definition) is 3. The van der Waals surface area contributed by atoms with Crippen LogP contribution in [0.25, 0.3) is 0 Å². The fourth-order valence-electron chi connectivity index (χ4n) is 2.93. The summed E-state index contributed by atoms with van der Waals surface area (Å²) in [7, 11) is 0. The summed E-state index contributed by atoms with van der Waals surface area (Å²) >= 11 is 0. The first-order valence-electron chi connectivity index (χ1n) is 7.81. The van der Waals surface area contributed by atoms with Crippen molar-refractivity contribution < 1.29 is 0 Å². The predicted octanol–water partition coefficient (Wildman–Crippen LogP) is 3.44. The Hall–Kier alpha value is -1.87. The van der Waals surface area contributed by atoms with Crippen LogP contribution in [0.15, 0.2) is 42.6 Å². The van der Waals surface area contributed by atoms with E-state index in [9.17, 15) is 0 Å². The summed E-state index contributed by atoms with van der Waals surface area (Å²) in [4.78, 5) is 6.96. The van der Waals surface area contributed by atoms with E-state index < -0.39 is 0 Å². The highest BCUT2D eigenvalue weighted by Gasteiger charge is 2.15. The molecule has 2 heterocycles. The second-order valence-electron chi connectivity index (χ2n) is 5.75. The fourth-order valence-corrected chi connectivity index (χ4v) is 2.93. The normalized spacial score (nSPS) is 16.2. The van der Waals surface area contributed by atoms with E-state index >= 15 is 0 Å². The van der Waals surface area contributed by atoms with Crippen molar-refractivity contribution in [2.75, 3.05) is 11.4 Å². The maximum absolute atomic E-state index is 6.03. The molecule has 3 heteroatoms. The lowest BCUT2D eigenvalue weighted by molar-refractivity contribution is 0.674. The molecular weight excluding hydrogens is 258 g/mol. The van der Waals surface area contributed by atoms with Gasteiger partial charge in [0.05, 0.1) is 17.6 Å². The van der Waals surface area contributed by atoms with Crippen molar-refractivity contribution in [3.05, 3.63) is 59.4 Å². The molecule has 0 saturated heterocycles. The topological polar surface area (TPSA) is 42.1 Å². The lowest BCUT2D eigenvalue weighted by Gasteiger charge is -2.23. The standard InChI is InChI=1S/C18H23N3/c1-2-17(19)18-10-9-16(12-20-18)21-11-5-8-14-6-3-4-7-15(14)13-21/h3-4,6-7,9-10,12,17H,2,5,8,11,13,19H2,1H3. The molecule has 21 heavy (non-hydrogen) atoms. The predicted molar refractivity (Wildman–Crippen MR) is 87.3 cm³/mol. The van der Waals surface area contributed by atoms with Gasteiger partial charge in [0.25, 0.3) is 0 Å². The van der Waals surface area contributed by atoms with Crippen LogP contribution >= 0.6 is 0 Å². The molecule has 2 aromatic rings. The molecule has 1 atom stereocenters. The van der Waals surface area contributed by atoms with E-state index in [-0.39, 0.29) is 6.04 Å². The Morgan fingerprint density at radius 2 is 2.00 bits per heavy atom. The SMILES string of the molecule is CCC(N)c1ccc(N2CCCc3ccccc3C2)cn1. The number of anilines is 1. The first kappa shape index (κ1) is 14.1. The maximum Gasteiger partial charge on any atom is 0.0572 e. The second kappa shape index (κ2) is 6.27. The smallest absolute Gasteiger partial charge is 0.0572 e. The highest BCUT2D eigenvalue weighted by atomic mass is 15.1. The van der Waals surface area contributed by atoms with Crippen LogP contribution in [0.2, 0.25) is 0 Å². The Labute approximate surface area is 126 Å².